The summed E-state index contributed by atoms with van der Waals surface area (Å²) in [5, 5.41) is 14.3. The van der Waals surface area contributed by atoms with E-state index in [1.807, 2.05) is 66.1 Å². The fourth-order valence-electron chi connectivity index (χ4n) is 3.01. The molecular weight excluding hydrogens is 477 g/mol. The van der Waals surface area contributed by atoms with E-state index in [0.717, 1.165) is 16.8 Å². The second-order valence-electron chi connectivity index (χ2n) is 7.09. The van der Waals surface area contributed by atoms with Crippen LogP contribution in [-0.2, 0) is 4.79 Å². The number of nitrogens with zero attached hydrogens (tertiary/aromatic N) is 4. The van der Waals surface area contributed by atoms with Gasteiger partial charge in [-0.25, -0.2) is 5.43 Å². The molecule has 0 aliphatic heterocycles. The Morgan fingerprint density at radius 2 is 1.82 bits per heavy atom. The van der Waals surface area contributed by atoms with Crippen molar-refractivity contribution < 1.29 is 4.79 Å². The molecule has 9 heteroatoms. The van der Waals surface area contributed by atoms with Crippen molar-refractivity contribution in [3.63, 3.8) is 0 Å². The molecule has 0 aliphatic rings. The van der Waals surface area contributed by atoms with Crippen molar-refractivity contribution in [2.45, 2.75) is 12.1 Å². The van der Waals surface area contributed by atoms with Crippen LogP contribution in [0.15, 0.2) is 83.1 Å². The number of rotatable bonds is 7. The van der Waals surface area contributed by atoms with Gasteiger partial charge >= 0.3 is 0 Å². The first-order valence-corrected chi connectivity index (χ1v) is 11.7. The molecule has 1 aromatic heterocycles. The zero-order valence-corrected chi connectivity index (χ0v) is 19.9. The molecule has 1 amide bonds. The van der Waals surface area contributed by atoms with Gasteiger partial charge in [0.05, 0.1) is 17.0 Å². The smallest absolute Gasteiger partial charge is 0.250 e. The number of benzene rings is 3. The molecule has 0 unspecified atom stereocenters. The lowest BCUT2D eigenvalue weighted by molar-refractivity contribution is -0.118. The second-order valence-corrected chi connectivity index (χ2v) is 8.88. The maximum Gasteiger partial charge on any atom is 0.250 e. The molecule has 166 valence electrons. The number of hydrogen-bond acceptors (Lipinski definition) is 5. The topological polar surface area (TPSA) is 72.2 Å². The molecule has 0 radical (unpaired) electrons. The maximum absolute atomic E-state index is 12.4. The number of carbonyl (C=O) groups excluding carboxylic acids is 1. The van der Waals surface area contributed by atoms with E-state index in [-0.39, 0.29) is 11.7 Å². The predicted octanol–water partition coefficient (Wildman–Crippen LogP) is 5.79. The van der Waals surface area contributed by atoms with Gasteiger partial charge in [-0.15, -0.1) is 10.2 Å². The van der Waals surface area contributed by atoms with E-state index < -0.39 is 0 Å². The summed E-state index contributed by atoms with van der Waals surface area (Å²) in [6, 6.07) is 22.9. The van der Waals surface area contributed by atoms with Crippen LogP contribution in [0.4, 0.5) is 0 Å². The molecule has 0 saturated heterocycles. The van der Waals surface area contributed by atoms with Gasteiger partial charge in [0.15, 0.2) is 11.0 Å². The monoisotopic (exact) mass is 495 g/mol. The summed E-state index contributed by atoms with van der Waals surface area (Å²) in [5.74, 6) is 0.545. The third-order valence-electron chi connectivity index (χ3n) is 4.65. The Morgan fingerprint density at radius 1 is 1.06 bits per heavy atom. The first-order valence-electron chi connectivity index (χ1n) is 9.99. The number of hydrazone groups is 1. The number of aromatic nitrogens is 3. The summed E-state index contributed by atoms with van der Waals surface area (Å²) in [6.07, 6.45) is 1.48. The minimum Gasteiger partial charge on any atom is -0.272 e. The number of hydrogen-bond donors (Lipinski definition) is 1. The lowest BCUT2D eigenvalue weighted by atomic mass is 10.2. The first-order chi connectivity index (χ1) is 16.0. The van der Waals surface area contributed by atoms with Gasteiger partial charge in [-0.1, -0.05) is 89.1 Å². The molecule has 4 rings (SSSR count). The van der Waals surface area contributed by atoms with Crippen molar-refractivity contribution >= 4 is 47.1 Å². The third kappa shape index (κ3) is 5.82. The van der Waals surface area contributed by atoms with Crippen LogP contribution in [0.2, 0.25) is 10.0 Å². The number of thioether (sulfide) groups is 1. The lowest BCUT2D eigenvalue weighted by Crippen LogP contribution is -2.20. The molecule has 1 N–H and O–H groups in total. The van der Waals surface area contributed by atoms with Crippen molar-refractivity contribution in [1.82, 2.24) is 20.2 Å². The van der Waals surface area contributed by atoms with Gasteiger partial charge in [-0.05, 0) is 31.2 Å². The van der Waals surface area contributed by atoms with E-state index in [2.05, 4.69) is 20.7 Å². The molecule has 0 atom stereocenters. The summed E-state index contributed by atoms with van der Waals surface area (Å²) < 4.78 is 1.95. The summed E-state index contributed by atoms with van der Waals surface area (Å²) in [6.45, 7) is 2.03. The van der Waals surface area contributed by atoms with Gasteiger partial charge in [0.25, 0.3) is 5.91 Å². The summed E-state index contributed by atoms with van der Waals surface area (Å²) in [7, 11) is 0. The van der Waals surface area contributed by atoms with Gasteiger partial charge in [0.2, 0.25) is 0 Å². The molecular formula is C24H19Cl2N5OS. The molecule has 3 aromatic carbocycles. The number of amides is 1. The van der Waals surface area contributed by atoms with Crippen molar-refractivity contribution in [2.24, 2.45) is 5.10 Å². The normalized spacial score (nSPS) is 11.1. The van der Waals surface area contributed by atoms with Crippen LogP contribution < -0.4 is 5.43 Å². The van der Waals surface area contributed by atoms with Gasteiger partial charge in [-0.2, -0.15) is 5.10 Å². The van der Waals surface area contributed by atoms with Crippen molar-refractivity contribution in [2.75, 3.05) is 5.75 Å². The van der Waals surface area contributed by atoms with Crippen LogP contribution in [0.25, 0.3) is 17.1 Å². The molecule has 0 aliphatic carbocycles. The Morgan fingerprint density at radius 3 is 2.55 bits per heavy atom. The van der Waals surface area contributed by atoms with Gasteiger partial charge in [0.1, 0.15) is 0 Å². The van der Waals surface area contributed by atoms with Crippen LogP contribution in [0.1, 0.15) is 11.1 Å². The van der Waals surface area contributed by atoms with Crippen molar-refractivity contribution in [1.29, 1.82) is 0 Å². The van der Waals surface area contributed by atoms with Gasteiger partial charge in [0, 0.05) is 21.8 Å². The Labute approximate surface area is 205 Å². The Kier molecular flexibility index (Phi) is 7.44. The highest BCUT2D eigenvalue weighted by atomic mass is 35.5. The van der Waals surface area contributed by atoms with Crippen LogP contribution in [0.3, 0.4) is 0 Å². The molecule has 4 aromatic rings. The predicted molar refractivity (Wildman–Crippen MR) is 134 cm³/mol. The average molecular weight is 496 g/mol. The second kappa shape index (κ2) is 10.7. The maximum atomic E-state index is 12.4. The fraction of sp³-hybridized carbons (Fsp3) is 0.0833. The van der Waals surface area contributed by atoms with E-state index in [4.69, 9.17) is 23.2 Å². The van der Waals surface area contributed by atoms with Crippen LogP contribution in [-0.4, -0.2) is 32.6 Å². The van der Waals surface area contributed by atoms with Crippen LogP contribution in [0, 0.1) is 6.92 Å². The molecule has 1 heterocycles. The highest BCUT2D eigenvalue weighted by Gasteiger charge is 2.17. The first kappa shape index (κ1) is 23.0. The quantitative estimate of drug-likeness (QED) is 0.200. The number of carbonyl (C=O) groups is 1. The third-order valence-corrected chi connectivity index (χ3v) is 6.14. The largest absolute Gasteiger partial charge is 0.272 e. The van der Waals surface area contributed by atoms with E-state index in [1.54, 1.807) is 18.2 Å². The standard InChI is InChI=1S/C24H19Cl2N5OS/c1-16-7-11-20(12-8-16)31-23(17-5-3-2-4-6-17)29-30-24(31)33-15-22(32)28-27-14-18-9-10-19(25)13-21(18)26/h2-14H,15H2,1H3,(H,28,32). The van der Waals surface area contributed by atoms with E-state index in [1.165, 1.54) is 18.0 Å². The Bertz CT molecular complexity index is 1290. The Hall–Kier alpha value is -3.13. The van der Waals surface area contributed by atoms with E-state index >= 15 is 0 Å². The molecule has 33 heavy (non-hydrogen) atoms. The van der Waals surface area contributed by atoms with Gasteiger partial charge in [-0.3, -0.25) is 9.36 Å². The number of aryl methyl sites for hydroxylation is 1. The van der Waals surface area contributed by atoms with Crippen molar-refractivity contribution in [3.05, 3.63) is 94.0 Å². The average Bonchev–Trinajstić information content (AvgIpc) is 3.24. The number of halogens is 2. The summed E-state index contributed by atoms with van der Waals surface area (Å²) in [4.78, 5) is 12.4. The highest BCUT2D eigenvalue weighted by molar-refractivity contribution is 7.99. The van der Waals surface area contributed by atoms with Crippen molar-refractivity contribution in [3.8, 4) is 17.1 Å². The fourth-order valence-corrected chi connectivity index (χ4v) is 4.21. The van der Waals surface area contributed by atoms with E-state index in [0.29, 0.717) is 26.6 Å². The molecule has 0 spiro atoms. The zero-order chi connectivity index (χ0) is 23.2. The molecule has 0 saturated carbocycles. The van der Waals surface area contributed by atoms with Crippen LogP contribution >= 0.6 is 35.0 Å². The zero-order valence-electron chi connectivity index (χ0n) is 17.6. The summed E-state index contributed by atoms with van der Waals surface area (Å²) >= 11 is 13.3. The SMILES string of the molecule is Cc1ccc(-n2c(SCC(=O)NN=Cc3ccc(Cl)cc3Cl)nnc2-c2ccccc2)cc1. The minimum absolute atomic E-state index is 0.116. The molecule has 6 nitrogen and oxygen atoms in total. The summed E-state index contributed by atoms with van der Waals surface area (Å²) in [5.41, 5.74) is 6.17. The molecule has 0 fully saturated rings. The minimum atomic E-state index is -0.277. The number of nitrogens with one attached hydrogen (secondary N) is 1. The van der Waals surface area contributed by atoms with E-state index in [9.17, 15) is 4.79 Å². The Balaban J connectivity index is 1.49. The lowest BCUT2D eigenvalue weighted by Gasteiger charge is -2.10. The molecule has 0 bridgehead atoms. The van der Waals surface area contributed by atoms with Crippen LogP contribution in [0.5, 0.6) is 0 Å². The van der Waals surface area contributed by atoms with Gasteiger partial charge < -0.3 is 0 Å². The highest BCUT2D eigenvalue weighted by Crippen LogP contribution is 2.28.